The lowest BCUT2D eigenvalue weighted by atomic mass is 9.95. The number of ether oxygens (including phenoxy) is 1. The van der Waals surface area contributed by atoms with Crippen molar-refractivity contribution in [3.05, 3.63) is 41.4 Å². The highest BCUT2D eigenvalue weighted by Crippen LogP contribution is 2.45. The Morgan fingerprint density at radius 3 is 2.67 bits per heavy atom. The highest BCUT2D eigenvalue weighted by atomic mass is 32.1. The van der Waals surface area contributed by atoms with Crippen LogP contribution in [0.3, 0.4) is 0 Å². The smallest absolute Gasteiger partial charge is 0.408 e. The van der Waals surface area contributed by atoms with Gasteiger partial charge in [0.1, 0.15) is 18.3 Å². The molecule has 2 saturated heterocycles. The molecule has 0 spiro atoms. The van der Waals surface area contributed by atoms with E-state index < -0.39 is 43.4 Å². The Labute approximate surface area is 260 Å². The molecule has 2 aliphatic rings. The summed E-state index contributed by atoms with van der Waals surface area (Å²) in [7, 11) is 3.05. The lowest BCUT2D eigenvalue weighted by Crippen LogP contribution is -2.53. The molecule has 2 bridgehead atoms. The van der Waals surface area contributed by atoms with E-state index in [1.54, 1.807) is 18.2 Å². The van der Waals surface area contributed by atoms with E-state index in [2.05, 4.69) is 30.8 Å². The van der Waals surface area contributed by atoms with E-state index in [0.29, 0.717) is 26.9 Å². The number of anilines is 1. The maximum absolute atomic E-state index is 15.4. The van der Waals surface area contributed by atoms with E-state index >= 15 is 4.39 Å². The Morgan fingerprint density at radius 1 is 1.17 bits per heavy atom. The minimum atomic E-state index is -4.58. The van der Waals surface area contributed by atoms with E-state index in [1.807, 2.05) is 7.05 Å². The van der Waals surface area contributed by atoms with Crippen LogP contribution in [0.2, 0.25) is 0 Å². The molecule has 4 aromatic rings. The molecule has 5 heterocycles. The lowest BCUT2D eigenvalue weighted by Gasteiger charge is -2.39. The number of benzene rings is 1. The summed E-state index contributed by atoms with van der Waals surface area (Å²) < 4.78 is 106. The van der Waals surface area contributed by atoms with Crippen molar-refractivity contribution in [2.75, 3.05) is 19.5 Å². The van der Waals surface area contributed by atoms with Crippen LogP contribution in [-0.2, 0) is 19.5 Å². The van der Waals surface area contributed by atoms with E-state index in [-0.39, 0.29) is 52.2 Å². The van der Waals surface area contributed by atoms with Gasteiger partial charge in [-0.3, -0.25) is 14.4 Å². The number of hydrogen-bond acceptors (Lipinski definition) is 9. The molecule has 0 aliphatic carbocycles. The Bertz CT molecular complexity index is 1730. The van der Waals surface area contributed by atoms with Gasteiger partial charge in [0, 0.05) is 18.3 Å². The molecule has 10 nitrogen and oxygen atoms in total. The summed E-state index contributed by atoms with van der Waals surface area (Å²) in [6, 6.07) is 4.38. The molecular weight excluding hydrogens is 647 g/mol. The topological polar surface area (TPSA) is 110 Å². The fraction of sp³-hybridized carbons (Fsp3) is 0.500. The van der Waals surface area contributed by atoms with Crippen molar-refractivity contribution >= 4 is 33.0 Å². The number of alkyl halides is 7. The van der Waals surface area contributed by atoms with Gasteiger partial charge in [0.05, 0.1) is 41.4 Å². The minimum Gasteiger partial charge on any atom is -0.479 e. The summed E-state index contributed by atoms with van der Waals surface area (Å²) >= 11 is 1.01. The van der Waals surface area contributed by atoms with E-state index in [1.165, 1.54) is 0 Å². The number of carbonyl (C=O) groups is 1. The zero-order valence-electron chi connectivity index (χ0n) is 24.4. The second-order valence-corrected chi connectivity index (χ2v) is 12.4. The van der Waals surface area contributed by atoms with Gasteiger partial charge in [-0.1, -0.05) is 17.3 Å². The summed E-state index contributed by atoms with van der Waals surface area (Å²) in [6.07, 6.45) is -8.51. The zero-order chi connectivity index (χ0) is 33.0. The molecule has 2 fully saturated rings. The second kappa shape index (κ2) is 12.0. The molecule has 6 rings (SSSR count). The van der Waals surface area contributed by atoms with Gasteiger partial charge in [0.15, 0.2) is 0 Å². The highest BCUT2D eigenvalue weighted by molar-refractivity contribution is 7.23. The molecule has 46 heavy (non-hydrogen) atoms. The molecule has 1 amide bonds. The predicted octanol–water partition coefficient (Wildman–Crippen LogP) is 5.74. The van der Waals surface area contributed by atoms with Gasteiger partial charge >= 0.3 is 12.4 Å². The fourth-order valence-electron chi connectivity index (χ4n) is 6.22. The summed E-state index contributed by atoms with van der Waals surface area (Å²) in [5, 5.41) is 13.4. The van der Waals surface area contributed by atoms with Crippen LogP contribution in [0.1, 0.15) is 41.1 Å². The van der Waals surface area contributed by atoms with Crippen molar-refractivity contribution in [2.24, 2.45) is 0 Å². The number of thiophene rings is 1. The summed E-state index contributed by atoms with van der Waals surface area (Å²) in [4.78, 5) is 19.0. The van der Waals surface area contributed by atoms with Crippen molar-refractivity contribution in [1.29, 1.82) is 0 Å². The van der Waals surface area contributed by atoms with E-state index in [0.717, 1.165) is 37.5 Å². The minimum absolute atomic E-state index is 0.0744. The van der Waals surface area contributed by atoms with Gasteiger partial charge in [0.2, 0.25) is 17.6 Å². The van der Waals surface area contributed by atoms with Gasteiger partial charge < -0.3 is 19.9 Å². The number of rotatable bonds is 9. The normalized spacial score (nSPS) is 22.0. The zero-order valence-corrected chi connectivity index (χ0v) is 25.2. The van der Waals surface area contributed by atoms with Gasteiger partial charge in [0.25, 0.3) is 5.91 Å². The third-order valence-electron chi connectivity index (χ3n) is 8.29. The molecule has 3 aromatic heterocycles. The van der Waals surface area contributed by atoms with Gasteiger partial charge in [-0.2, -0.15) is 31.3 Å². The SMILES string of the molecule is COc1nn(CC(F)(F)F)cc1C(=O)NCc1nc(-c2sc3c(N[C@@H]4C[C@H]5CC[C@@H]([C@@H]4F)N5C)cccc3c2CC(F)(F)F)no1. The van der Waals surface area contributed by atoms with Crippen LogP contribution < -0.4 is 15.4 Å². The first-order valence-electron chi connectivity index (χ1n) is 14.2. The summed E-state index contributed by atoms with van der Waals surface area (Å²) in [5.74, 6) is -1.51. The number of nitrogens with one attached hydrogen (secondary N) is 2. The van der Waals surface area contributed by atoms with Crippen LogP contribution in [0.15, 0.2) is 28.9 Å². The molecule has 1 aromatic carbocycles. The average Bonchev–Trinajstić information content (AvgIpc) is 3.74. The van der Waals surface area contributed by atoms with Crippen LogP contribution in [0.25, 0.3) is 20.8 Å². The first-order chi connectivity index (χ1) is 21.7. The van der Waals surface area contributed by atoms with Crippen LogP contribution in [0.4, 0.5) is 36.4 Å². The maximum Gasteiger partial charge on any atom is 0.408 e. The van der Waals surface area contributed by atoms with Crippen LogP contribution in [0.5, 0.6) is 5.88 Å². The number of halogens is 7. The monoisotopic (exact) mass is 675 g/mol. The predicted molar refractivity (Wildman–Crippen MR) is 152 cm³/mol. The molecule has 2 N–H and O–H groups in total. The number of piperidine rings is 1. The van der Waals surface area contributed by atoms with Gasteiger partial charge in [-0.15, -0.1) is 16.4 Å². The molecule has 248 valence electrons. The number of nitrogens with zero attached hydrogens (tertiary/aromatic N) is 5. The van der Waals surface area contributed by atoms with Crippen LogP contribution in [0, 0.1) is 0 Å². The summed E-state index contributed by atoms with van der Waals surface area (Å²) in [5.41, 5.74) is 0.149. The van der Waals surface area contributed by atoms with E-state index in [9.17, 15) is 31.1 Å². The van der Waals surface area contributed by atoms with Crippen molar-refractivity contribution in [3.8, 4) is 16.6 Å². The van der Waals surface area contributed by atoms with Crippen LogP contribution in [-0.4, -0.2) is 81.5 Å². The molecule has 4 atom stereocenters. The number of fused-ring (bicyclic) bond motifs is 3. The molecule has 0 saturated carbocycles. The molecule has 18 heteroatoms. The van der Waals surface area contributed by atoms with Crippen molar-refractivity contribution in [2.45, 2.75) is 75.4 Å². The highest BCUT2D eigenvalue weighted by Gasteiger charge is 2.46. The Balaban J connectivity index is 1.24. The Morgan fingerprint density at radius 2 is 1.96 bits per heavy atom. The van der Waals surface area contributed by atoms with Crippen LogP contribution >= 0.6 is 11.3 Å². The van der Waals surface area contributed by atoms with E-state index in [4.69, 9.17) is 9.26 Å². The van der Waals surface area contributed by atoms with Crippen molar-refractivity contribution in [1.82, 2.24) is 30.1 Å². The number of aromatic nitrogens is 4. The molecule has 2 aliphatic heterocycles. The molecule has 0 unspecified atom stereocenters. The fourth-order valence-corrected chi connectivity index (χ4v) is 7.45. The third kappa shape index (κ3) is 6.49. The Hall–Kier alpha value is -3.93. The Kier molecular flexibility index (Phi) is 8.37. The summed E-state index contributed by atoms with van der Waals surface area (Å²) in [6.45, 7) is -1.83. The first kappa shape index (κ1) is 32.0. The lowest BCUT2D eigenvalue weighted by molar-refractivity contribution is -0.142. The van der Waals surface area contributed by atoms with Crippen molar-refractivity contribution in [3.63, 3.8) is 0 Å². The average molecular weight is 676 g/mol. The second-order valence-electron chi connectivity index (χ2n) is 11.3. The van der Waals surface area contributed by atoms with Gasteiger partial charge in [-0.25, -0.2) is 4.39 Å². The number of amides is 1. The maximum atomic E-state index is 15.4. The number of methoxy groups -OCH3 is 1. The van der Waals surface area contributed by atoms with Crippen molar-refractivity contribution < 1.29 is 44.8 Å². The number of hydrogen-bond donors (Lipinski definition) is 2. The first-order valence-corrected chi connectivity index (χ1v) is 15.1. The molecular formula is C28H28F7N7O3S. The largest absolute Gasteiger partial charge is 0.479 e. The molecule has 0 radical (unpaired) electrons. The standard InChI is InChI=1S/C28H28F7N7O3S/c1-41-13-6-7-19(41)21(29)18(8-13)37-17-5-3-4-14-15(9-27(30,31)32)23(46-22(14)17)24-38-20(45-40-24)10-36-25(43)16-11-42(12-28(33,34)35)39-26(16)44-2/h3-5,11,13,18-19,21,37H,6-10,12H2,1-2H3,(H,36,43)/t13-,18-,19+,21-/m1/s1. The quantitative estimate of drug-likeness (QED) is 0.216. The van der Waals surface area contributed by atoms with Gasteiger partial charge in [-0.05, 0) is 43.3 Å². The third-order valence-corrected chi connectivity index (χ3v) is 9.56. The number of carbonyl (C=O) groups excluding carboxylic acids is 1.